The van der Waals surface area contributed by atoms with Crippen LogP contribution in [0.1, 0.15) is 12.8 Å². The number of benzene rings is 2. The molecule has 0 amide bonds. The zero-order valence-electron chi connectivity index (χ0n) is 10.8. The first-order chi connectivity index (χ1) is 9.43. The van der Waals surface area contributed by atoms with Gasteiger partial charge in [-0.15, -0.1) is 0 Å². The van der Waals surface area contributed by atoms with Crippen LogP contribution in [0.25, 0.3) is 0 Å². The molecule has 1 aliphatic heterocycles. The number of hydrogen-bond donors (Lipinski definition) is 0. The van der Waals surface area contributed by atoms with E-state index < -0.39 is 9.04 Å². The van der Waals surface area contributed by atoms with Crippen LogP contribution in [0.3, 0.4) is 0 Å². The monoisotopic (exact) mass is 269 g/mol. The fourth-order valence-corrected chi connectivity index (χ4v) is 4.49. The van der Waals surface area contributed by atoms with Crippen LogP contribution < -0.4 is 9.92 Å². The molecule has 1 aliphatic rings. The Morgan fingerprint density at radius 1 is 0.895 bits per heavy atom. The van der Waals surface area contributed by atoms with Gasteiger partial charge in [0.2, 0.25) is 9.04 Å². The minimum Gasteiger partial charge on any atom is -0.457 e. The van der Waals surface area contributed by atoms with Crippen LogP contribution in [0.2, 0.25) is 6.04 Å². The Labute approximate surface area is 115 Å². The molecule has 0 unspecified atom stereocenters. The molecular weight excluding hydrogens is 252 g/mol. The maximum absolute atomic E-state index is 6.01. The van der Waals surface area contributed by atoms with Gasteiger partial charge in [0, 0.05) is 11.8 Å². The lowest BCUT2D eigenvalue weighted by atomic mass is 10.3. The van der Waals surface area contributed by atoms with Crippen molar-refractivity contribution in [3.05, 3.63) is 54.6 Å². The molecule has 1 saturated heterocycles. The molecule has 0 aliphatic carbocycles. The van der Waals surface area contributed by atoms with E-state index in [2.05, 4.69) is 12.1 Å². The fourth-order valence-electron chi connectivity index (χ4n) is 2.27. The Balaban J connectivity index is 1.84. The first kappa shape index (κ1) is 12.5. The molecule has 2 nitrogen and oxygen atoms in total. The third kappa shape index (κ3) is 3.06. The highest BCUT2D eigenvalue weighted by Gasteiger charge is 2.23. The lowest BCUT2D eigenvalue weighted by molar-refractivity contribution is 0.294. The number of rotatable bonds is 3. The summed E-state index contributed by atoms with van der Waals surface area (Å²) in [5.41, 5.74) is 0. The molecule has 0 saturated carbocycles. The lowest BCUT2D eigenvalue weighted by Gasteiger charge is -2.22. The molecule has 0 N–H and O–H groups in total. The van der Waals surface area contributed by atoms with E-state index in [1.807, 2.05) is 42.5 Å². The molecule has 19 heavy (non-hydrogen) atoms. The second-order valence-corrected chi connectivity index (χ2v) is 6.81. The molecular formula is C16H17O2Si. The first-order valence-corrected chi connectivity index (χ1v) is 8.36. The van der Waals surface area contributed by atoms with E-state index in [0.717, 1.165) is 18.1 Å². The lowest BCUT2D eigenvalue weighted by Crippen LogP contribution is -2.37. The van der Waals surface area contributed by atoms with Crippen molar-refractivity contribution in [2.24, 2.45) is 0 Å². The molecule has 0 bridgehead atoms. The summed E-state index contributed by atoms with van der Waals surface area (Å²) in [6.07, 6.45) is 2.46. The van der Waals surface area contributed by atoms with Crippen molar-refractivity contribution in [1.82, 2.24) is 0 Å². The van der Waals surface area contributed by atoms with Crippen molar-refractivity contribution in [3.63, 3.8) is 0 Å². The van der Waals surface area contributed by atoms with Crippen LogP contribution in [-0.2, 0) is 4.43 Å². The normalized spacial score (nSPS) is 16.2. The van der Waals surface area contributed by atoms with Crippen LogP contribution in [0.15, 0.2) is 54.6 Å². The number of ether oxygens (including phenoxy) is 1. The second kappa shape index (κ2) is 6.04. The van der Waals surface area contributed by atoms with E-state index in [1.165, 1.54) is 24.1 Å². The largest absolute Gasteiger partial charge is 0.457 e. The predicted octanol–water partition coefficient (Wildman–Crippen LogP) is 3.49. The summed E-state index contributed by atoms with van der Waals surface area (Å²) < 4.78 is 12.0. The maximum atomic E-state index is 6.01. The molecule has 97 valence electrons. The number of para-hydroxylation sites is 2. The van der Waals surface area contributed by atoms with E-state index in [0.29, 0.717) is 0 Å². The summed E-state index contributed by atoms with van der Waals surface area (Å²) in [6.45, 7) is 0.897. The molecule has 2 aromatic carbocycles. The van der Waals surface area contributed by atoms with Crippen molar-refractivity contribution >= 4 is 14.2 Å². The topological polar surface area (TPSA) is 18.5 Å². The van der Waals surface area contributed by atoms with Crippen LogP contribution >= 0.6 is 0 Å². The molecule has 2 aromatic rings. The highest BCUT2D eigenvalue weighted by atomic mass is 28.3. The van der Waals surface area contributed by atoms with E-state index in [1.54, 1.807) is 0 Å². The standard InChI is InChI=1S/C16H17O2Si/c1-2-8-14(9-3-1)18-15-10-4-5-11-16(15)19-13-7-6-12-17-19/h1-5,8-11H,6-7,12-13H2. The van der Waals surface area contributed by atoms with Gasteiger partial charge < -0.3 is 9.16 Å². The van der Waals surface area contributed by atoms with Gasteiger partial charge in [-0.3, -0.25) is 0 Å². The summed E-state index contributed by atoms with van der Waals surface area (Å²) >= 11 is 0. The van der Waals surface area contributed by atoms with Gasteiger partial charge in [0.1, 0.15) is 11.5 Å². The van der Waals surface area contributed by atoms with Crippen LogP contribution in [0.5, 0.6) is 11.5 Å². The van der Waals surface area contributed by atoms with Gasteiger partial charge >= 0.3 is 0 Å². The Hall–Kier alpha value is -1.58. The van der Waals surface area contributed by atoms with Crippen LogP contribution in [0.4, 0.5) is 0 Å². The minimum absolute atomic E-state index is 0.883. The molecule has 1 fully saturated rings. The fraction of sp³-hybridized carbons (Fsp3) is 0.250. The van der Waals surface area contributed by atoms with E-state index in [9.17, 15) is 0 Å². The molecule has 1 heterocycles. The highest BCUT2D eigenvalue weighted by molar-refractivity contribution is 6.68. The van der Waals surface area contributed by atoms with Gasteiger partial charge in [-0.25, -0.2) is 0 Å². The molecule has 3 rings (SSSR count). The van der Waals surface area contributed by atoms with E-state index in [-0.39, 0.29) is 0 Å². The average Bonchev–Trinajstić information content (AvgIpc) is 2.50. The van der Waals surface area contributed by atoms with Gasteiger partial charge in [0.15, 0.2) is 0 Å². The van der Waals surface area contributed by atoms with Gasteiger partial charge in [0.05, 0.1) is 0 Å². The quantitative estimate of drug-likeness (QED) is 0.794. The highest BCUT2D eigenvalue weighted by Crippen LogP contribution is 2.21. The maximum Gasteiger partial charge on any atom is 0.250 e. The smallest absolute Gasteiger partial charge is 0.250 e. The van der Waals surface area contributed by atoms with Crippen LogP contribution in [-0.4, -0.2) is 15.6 Å². The summed E-state index contributed by atoms with van der Waals surface area (Å²) in [5.74, 6) is 1.83. The third-order valence-electron chi connectivity index (χ3n) is 3.23. The Bertz CT molecular complexity index is 521. The van der Waals surface area contributed by atoms with Gasteiger partial charge in [-0.05, 0) is 30.7 Å². The van der Waals surface area contributed by atoms with Crippen molar-refractivity contribution in [2.75, 3.05) is 6.61 Å². The molecule has 0 aromatic heterocycles. The van der Waals surface area contributed by atoms with E-state index in [4.69, 9.17) is 9.16 Å². The summed E-state index contributed by atoms with van der Waals surface area (Å²) in [7, 11) is -0.899. The average molecular weight is 269 g/mol. The molecule has 0 atom stereocenters. The van der Waals surface area contributed by atoms with Gasteiger partial charge in [-0.2, -0.15) is 0 Å². The first-order valence-electron chi connectivity index (χ1n) is 6.74. The Kier molecular flexibility index (Phi) is 3.96. The Morgan fingerprint density at radius 3 is 2.47 bits per heavy atom. The Morgan fingerprint density at radius 2 is 1.68 bits per heavy atom. The summed E-state index contributed by atoms with van der Waals surface area (Å²) in [4.78, 5) is 0. The molecule has 1 radical (unpaired) electrons. The molecule has 3 heteroatoms. The van der Waals surface area contributed by atoms with Gasteiger partial charge in [0.25, 0.3) is 0 Å². The zero-order valence-corrected chi connectivity index (χ0v) is 11.8. The summed E-state index contributed by atoms with van der Waals surface area (Å²) in [6, 6.07) is 19.4. The van der Waals surface area contributed by atoms with Crippen molar-refractivity contribution in [1.29, 1.82) is 0 Å². The minimum atomic E-state index is -0.899. The SMILES string of the molecule is c1ccc(Oc2ccccc2[Si]2CCCCO2)cc1. The van der Waals surface area contributed by atoms with Crippen LogP contribution in [0, 0.1) is 0 Å². The van der Waals surface area contributed by atoms with E-state index >= 15 is 0 Å². The summed E-state index contributed by atoms with van der Waals surface area (Å²) in [5, 5.41) is 1.26. The zero-order chi connectivity index (χ0) is 12.9. The van der Waals surface area contributed by atoms with Crippen molar-refractivity contribution in [2.45, 2.75) is 18.9 Å². The number of hydrogen-bond acceptors (Lipinski definition) is 2. The predicted molar refractivity (Wildman–Crippen MR) is 78.3 cm³/mol. The van der Waals surface area contributed by atoms with Crippen molar-refractivity contribution in [3.8, 4) is 11.5 Å². The second-order valence-electron chi connectivity index (χ2n) is 4.64. The van der Waals surface area contributed by atoms with Gasteiger partial charge in [-0.1, -0.05) is 42.8 Å². The van der Waals surface area contributed by atoms with Crippen molar-refractivity contribution < 1.29 is 9.16 Å². The third-order valence-corrected chi connectivity index (χ3v) is 5.61. The molecule has 0 spiro atoms.